The number of hydrogen-bond acceptors (Lipinski definition) is 3. The third kappa shape index (κ3) is 2.88. The number of hydrogen-bond donors (Lipinski definition) is 1. The van der Waals surface area contributed by atoms with Gasteiger partial charge in [0.15, 0.2) is 0 Å². The van der Waals surface area contributed by atoms with E-state index in [-0.39, 0.29) is 0 Å². The van der Waals surface area contributed by atoms with Crippen molar-refractivity contribution in [1.82, 2.24) is 4.98 Å². The van der Waals surface area contributed by atoms with Gasteiger partial charge in [0, 0.05) is 11.9 Å². The summed E-state index contributed by atoms with van der Waals surface area (Å²) < 4.78 is 5.61. The average Bonchev–Trinajstić information content (AvgIpc) is 2.30. The van der Waals surface area contributed by atoms with E-state index in [9.17, 15) is 0 Å². The van der Waals surface area contributed by atoms with Crippen LogP contribution in [-0.2, 0) is 6.61 Å². The molecule has 0 spiro atoms. The van der Waals surface area contributed by atoms with Crippen molar-refractivity contribution < 1.29 is 4.74 Å². The number of aromatic nitrogens is 1. The summed E-state index contributed by atoms with van der Waals surface area (Å²) in [5, 5.41) is 0.513. The van der Waals surface area contributed by atoms with Gasteiger partial charge in [-0.05, 0) is 36.8 Å². The Morgan fingerprint density at radius 2 is 2.18 bits per heavy atom. The van der Waals surface area contributed by atoms with E-state index in [1.54, 1.807) is 24.4 Å². The zero-order valence-electron chi connectivity index (χ0n) is 9.48. The van der Waals surface area contributed by atoms with Gasteiger partial charge in [-0.1, -0.05) is 17.7 Å². The maximum atomic E-state index is 6.01. The third-order valence-electron chi connectivity index (χ3n) is 2.44. The minimum Gasteiger partial charge on any atom is -0.486 e. The Morgan fingerprint density at radius 1 is 1.35 bits per heavy atom. The Hall–Kier alpha value is -1.74. The second kappa shape index (κ2) is 5.06. The molecule has 0 saturated carbocycles. The first-order valence-electron chi connectivity index (χ1n) is 5.25. The molecule has 3 nitrogen and oxygen atoms in total. The summed E-state index contributed by atoms with van der Waals surface area (Å²) in [7, 11) is 0. The van der Waals surface area contributed by atoms with E-state index < -0.39 is 0 Å². The van der Waals surface area contributed by atoms with Gasteiger partial charge in [-0.2, -0.15) is 0 Å². The molecule has 2 N–H and O–H groups in total. The van der Waals surface area contributed by atoms with Crippen LogP contribution in [0.4, 0.5) is 5.69 Å². The van der Waals surface area contributed by atoms with Gasteiger partial charge in [0.2, 0.25) is 0 Å². The zero-order valence-corrected chi connectivity index (χ0v) is 10.2. The van der Waals surface area contributed by atoms with E-state index in [4.69, 9.17) is 22.1 Å². The summed E-state index contributed by atoms with van der Waals surface area (Å²) >= 11 is 6.01. The monoisotopic (exact) mass is 248 g/mol. The molecule has 0 aliphatic heterocycles. The topological polar surface area (TPSA) is 48.1 Å². The van der Waals surface area contributed by atoms with Crippen LogP contribution in [0, 0.1) is 6.92 Å². The Bertz CT molecular complexity index is 529. The molecule has 0 aliphatic rings. The molecule has 17 heavy (non-hydrogen) atoms. The highest BCUT2D eigenvalue weighted by Gasteiger charge is 2.04. The highest BCUT2D eigenvalue weighted by atomic mass is 35.5. The van der Waals surface area contributed by atoms with Crippen LogP contribution >= 0.6 is 11.6 Å². The summed E-state index contributed by atoms with van der Waals surface area (Å²) in [5.74, 6) is 0.617. The van der Waals surface area contributed by atoms with Crippen molar-refractivity contribution in [3.63, 3.8) is 0 Å². The van der Waals surface area contributed by atoms with Gasteiger partial charge in [0.05, 0.1) is 10.7 Å². The zero-order chi connectivity index (χ0) is 12.3. The molecule has 0 atom stereocenters. The molecule has 1 aromatic carbocycles. The van der Waals surface area contributed by atoms with Crippen molar-refractivity contribution in [1.29, 1.82) is 0 Å². The van der Waals surface area contributed by atoms with E-state index >= 15 is 0 Å². The van der Waals surface area contributed by atoms with Crippen molar-refractivity contribution in [2.45, 2.75) is 13.5 Å². The first kappa shape index (κ1) is 11.7. The van der Waals surface area contributed by atoms with Crippen molar-refractivity contribution in [2.24, 2.45) is 0 Å². The van der Waals surface area contributed by atoms with E-state index in [1.165, 1.54) is 0 Å². The van der Waals surface area contributed by atoms with Crippen LogP contribution in [0.25, 0.3) is 0 Å². The van der Waals surface area contributed by atoms with Crippen molar-refractivity contribution in [3.8, 4) is 5.75 Å². The first-order chi connectivity index (χ1) is 8.16. The molecule has 2 aromatic rings. The summed E-state index contributed by atoms with van der Waals surface area (Å²) in [6.07, 6.45) is 1.75. The molecule has 1 aromatic heterocycles. The van der Waals surface area contributed by atoms with Gasteiger partial charge in [-0.15, -0.1) is 0 Å². The molecule has 0 aliphatic carbocycles. The number of anilines is 1. The number of aryl methyl sites for hydroxylation is 1. The molecule has 0 unspecified atom stereocenters. The third-order valence-corrected chi connectivity index (χ3v) is 2.73. The quantitative estimate of drug-likeness (QED) is 0.849. The van der Waals surface area contributed by atoms with E-state index in [1.807, 2.05) is 19.1 Å². The normalized spacial score (nSPS) is 10.2. The fourth-order valence-corrected chi connectivity index (χ4v) is 1.69. The van der Waals surface area contributed by atoms with Gasteiger partial charge in [-0.3, -0.25) is 4.98 Å². The number of pyridine rings is 1. The maximum absolute atomic E-state index is 6.01. The predicted octanol–water partition coefficient (Wildman–Crippen LogP) is 3.20. The predicted molar refractivity (Wildman–Crippen MR) is 69.2 cm³/mol. The molecule has 0 bridgehead atoms. The smallest absolute Gasteiger partial charge is 0.138 e. The number of benzene rings is 1. The molecule has 4 heteroatoms. The van der Waals surface area contributed by atoms with Crippen LogP contribution in [-0.4, -0.2) is 4.98 Å². The molecular formula is C13H13ClN2O. The average molecular weight is 249 g/mol. The molecule has 0 fully saturated rings. The summed E-state index contributed by atoms with van der Waals surface area (Å²) in [6.45, 7) is 2.40. The second-order valence-electron chi connectivity index (χ2n) is 3.75. The second-order valence-corrected chi connectivity index (χ2v) is 4.15. The number of nitrogens with two attached hydrogens (primary N) is 1. The molecule has 0 radical (unpaired) electrons. The summed E-state index contributed by atoms with van der Waals surface area (Å²) in [4.78, 5) is 4.25. The molecule has 1 heterocycles. The van der Waals surface area contributed by atoms with Crippen molar-refractivity contribution in [3.05, 3.63) is 52.8 Å². The summed E-state index contributed by atoms with van der Waals surface area (Å²) in [5.41, 5.74) is 8.23. The number of rotatable bonds is 3. The molecule has 0 saturated heterocycles. The number of nitrogen functional groups attached to an aromatic ring is 1. The number of halogens is 1. The number of ether oxygens (including phenoxy) is 1. The maximum Gasteiger partial charge on any atom is 0.138 e. The van der Waals surface area contributed by atoms with Gasteiger partial charge in [0.25, 0.3) is 0 Å². The lowest BCUT2D eigenvalue weighted by molar-refractivity contribution is 0.300. The van der Waals surface area contributed by atoms with Crippen LogP contribution in [0.3, 0.4) is 0 Å². The highest BCUT2D eigenvalue weighted by Crippen LogP contribution is 2.27. The van der Waals surface area contributed by atoms with Gasteiger partial charge < -0.3 is 10.5 Å². The Kier molecular flexibility index (Phi) is 3.49. The van der Waals surface area contributed by atoms with Crippen LogP contribution in [0.15, 0.2) is 36.5 Å². The van der Waals surface area contributed by atoms with Crippen LogP contribution < -0.4 is 10.5 Å². The lowest BCUT2D eigenvalue weighted by atomic mass is 10.2. The number of nitrogens with zero attached hydrogens (tertiary/aromatic N) is 1. The van der Waals surface area contributed by atoms with Gasteiger partial charge >= 0.3 is 0 Å². The van der Waals surface area contributed by atoms with E-state index in [2.05, 4.69) is 4.98 Å². The fourth-order valence-electron chi connectivity index (χ4n) is 1.45. The molecule has 88 valence electrons. The lowest BCUT2D eigenvalue weighted by Gasteiger charge is -2.09. The van der Waals surface area contributed by atoms with E-state index in [0.29, 0.717) is 23.1 Å². The van der Waals surface area contributed by atoms with Gasteiger partial charge in [0.1, 0.15) is 12.4 Å². The minimum absolute atomic E-state index is 0.399. The Balaban J connectivity index is 2.10. The fraction of sp³-hybridized carbons (Fsp3) is 0.154. The summed E-state index contributed by atoms with van der Waals surface area (Å²) in [6, 6.07) is 9.08. The van der Waals surface area contributed by atoms with Crippen molar-refractivity contribution >= 4 is 17.3 Å². The first-order valence-corrected chi connectivity index (χ1v) is 5.63. The SMILES string of the molecule is Cc1cccnc1COc1ccc(N)cc1Cl. The standard InChI is InChI=1S/C13H13ClN2O/c1-9-3-2-6-16-12(9)8-17-13-5-4-10(15)7-11(13)14/h2-7H,8,15H2,1H3. The van der Waals surface area contributed by atoms with E-state index in [0.717, 1.165) is 11.3 Å². The molecular weight excluding hydrogens is 236 g/mol. The molecule has 0 amide bonds. The van der Waals surface area contributed by atoms with Gasteiger partial charge in [-0.25, -0.2) is 0 Å². The van der Waals surface area contributed by atoms with Crippen molar-refractivity contribution in [2.75, 3.05) is 5.73 Å². The minimum atomic E-state index is 0.399. The van der Waals surface area contributed by atoms with Crippen LogP contribution in [0.1, 0.15) is 11.3 Å². The Morgan fingerprint density at radius 3 is 2.88 bits per heavy atom. The largest absolute Gasteiger partial charge is 0.486 e. The Labute approximate surface area is 105 Å². The van der Waals surface area contributed by atoms with Crippen LogP contribution in [0.5, 0.6) is 5.75 Å². The lowest BCUT2D eigenvalue weighted by Crippen LogP contribution is -2.01. The highest BCUT2D eigenvalue weighted by molar-refractivity contribution is 6.32. The van der Waals surface area contributed by atoms with Crippen LogP contribution in [0.2, 0.25) is 5.02 Å². The molecule has 2 rings (SSSR count).